The third-order valence-electron chi connectivity index (χ3n) is 5.34. The van der Waals surface area contributed by atoms with Crippen molar-refractivity contribution in [3.05, 3.63) is 82.8 Å². The number of rotatable bonds is 8. The Bertz CT molecular complexity index is 1250. The summed E-state index contributed by atoms with van der Waals surface area (Å²) in [5.74, 6) is -0.396. The van der Waals surface area contributed by atoms with Crippen molar-refractivity contribution >= 4 is 17.2 Å². The smallest absolute Gasteiger partial charge is 0.389 e. The molecule has 0 saturated heterocycles. The van der Waals surface area contributed by atoms with Gasteiger partial charge in [-0.25, -0.2) is 0 Å². The monoisotopic (exact) mass is 500 g/mol. The Morgan fingerprint density at radius 2 is 1.81 bits per heavy atom. The van der Waals surface area contributed by atoms with Crippen molar-refractivity contribution in [2.24, 2.45) is 0 Å². The van der Waals surface area contributed by atoms with Crippen molar-refractivity contribution in [2.45, 2.75) is 32.2 Å². The minimum Gasteiger partial charge on any atom is -0.494 e. The highest BCUT2D eigenvalue weighted by Crippen LogP contribution is 2.30. The van der Waals surface area contributed by atoms with Crippen molar-refractivity contribution < 1.29 is 27.8 Å². The normalized spacial score (nSPS) is 15.8. The average molecular weight is 500 g/mol. The number of dihydropyridines is 1. The fourth-order valence-corrected chi connectivity index (χ4v) is 3.53. The minimum atomic E-state index is -4.21. The molecule has 0 radical (unpaired) electrons. The number of nitrogens with zero attached hydrogens (tertiary/aromatic N) is 3. The van der Waals surface area contributed by atoms with Crippen molar-refractivity contribution in [3.8, 4) is 5.75 Å². The Morgan fingerprint density at radius 3 is 2.44 bits per heavy atom. The van der Waals surface area contributed by atoms with Crippen LogP contribution in [0.4, 0.5) is 13.2 Å². The van der Waals surface area contributed by atoms with E-state index in [1.807, 2.05) is 31.2 Å². The summed E-state index contributed by atoms with van der Waals surface area (Å²) in [6, 6.07) is 14.3. The number of hydrogen-bond donors (Lipinski definition) is 4. The van der Waals surface area contributed by atoms with Gasteiger partial charge in [-0.2, -0.15) is 18.4 Å². The van der Waals surface area contributed by atoms with Gasteiger partial charge in [0, 0.05) is 17.7 Å². The molecule has 0 aliphatic carbocycles. The maximum Gasteiger partial charge on any atom is 0.389 e. The first kappa shape index (κ1) is 24.9. The predicted octanol–water partition coefficient (Wildman–Crippen LogP) is 3.33. The predicted molar refractivity (Wildman–Crippen MR) is 124 cm³/mol. The number of carbonyl (C=O) groups is 1. The van der Waals surface area contributed by atoms with Gasteiger partial charge in [-0.05, 0) is 60.0 Å². The minimum absolute atomic E-state index is 0.0533. The van der Waals surface area contributed by atoms with Gasteiger partial charge in [0.15, 0.2) is 6.23 Å². The molecule has 9 nitrogen and oxygen atoms in total. The zero-order chi connectivity index (χ0) is 25.7. The number of hydrogen-bond acceptors (Lipinski definition) is 7. The van der Waals surface area contributed by atoms with Crippen LogP contribution in [0.25, 0.3) is 11.3 Å². The van der Waals surface area contributed by atoms with E-state index < -0.39 is 24.7 Å². The molecule has 1 atom stereocenters. The van der Waals surface area contributed by atoms with Gasteiger partial charge in [-0.15, -0.1) is 10.2 Å². The molecule has 1 aliphatic heterocycles. The van der Waals surface area contributed by atoms with Gasteiger partial charge in [-0.3, -0.25) is 4.79 Å². The number of carbonyl (C=O) groups excluding carboxylic acids is 1. The number of aromatic nitrogens is 4. The van der Waals surface area contributed by atoms with E-state index in [2.05, 4.69) is 31.3 Å². The van der Waals surface area contributed by atoms with Crippen molar-refractivity contribution in [1.82, 2.24) is 31.3 Å². The molecule has 0 spiro atoms. The van der Waals surface area contributed by atoms with Crippen molar-refractivity contribution in [3.63, 3.8) is 0 Å². The first-order valence-electron chi connectivity index (χ1n) is 11.0. The zero-order valence-corrected chi connectivity index (χ0v) is 19.1. The van der Waals surface area contributed by atoms with Gasteiger partial charge in [0.2, 0.25) is 0 Å². The summed E-state index contributed by atoms with van der Waals surface area (Å²) in [5.41, 5.74) is 3.85. The standard InChI is InChI=1S/C24H23F3N6O3/c1-14-3-5-15(6-4-14)18-13-19(28-22(34)20(18)29-23(35)21-30-32-33-31-21)16-7-9-17(10-8-16)36-12-2-11-24(25,26)27/h3-10,13,22,28,34H,2,11-12H2,1H3,(H,29,35)(H,30,31,32,33). The molecule has 1 aromatic heterocycles. The second-order valence-electron chi connectivity index (χ2n) is 8.08. The van der Waals surface area contributed by atoms with Crippen molar-refractivity contribution in [2.75, 3.05) is 6.61 Å². The van der Waals surface area contributed by atoms with Crippen LogP contribution in [0.1, 0.15) is 40.2 Å². The second kappa shape index (κ2) is 10.6. The number of tetrazole rings is 1. The summed E-state index contributed by atoms with van der Waals surface area (Å²) in [6.45, 7) is 1.89. The highest BCUT2D eigenvalue weighted by atomic mass is 19.4. The van der Waals surface area contributed by atoms with E-state index in [9.17, 15) is 23.1 Å². The molecule has 0 bridgehead atoms. The van der Waals surface area contributed by atoms with E-state index in [4.69, 9.17) is 4.74 Å². The quantitative estimate of drug-likeness (QED) is 0.350. The molecule has 188 valence electrons. The number of amides is 1. The molecule has 2 aromatic carbocycles. The van der Waals surface area contributed by atoms with E-state index in [0.717, 1.165) is 11.1 Å². The van der Waals surface area contributed by atoms with Gasteiger partial charge in [-0.1, -0.05) is 29.8 Å². The first-order valence-corrected chi connectivity index (χ1v) is 11.0. The molecule has 2 heterocycles. The van der Waals surface area contributed by atoms with Crippen LogP contribution in [0.2, 0.25) is 0 Å². The maximum absolute atomic E-state index is 12.5. The largest absolute Gasteiger partial charge is 0.494 e. The number of H-pyrrole nitrogens is 1. The molecule has 12 heteroatoms. The Morgan fingerprint density at radius 1 is 1.11 bits per heavy atom. The summed E-state index contributed by atoms with van der Waals surface area (Å²) >= 11 is 0. The Labute approximate surface area is 204 Å². The van der Waals surface area contributed by atoms with E-state index >= 15 is 0 Å². The third kappa shape index (κ3) is 6.27. The van der Waals surface area contributed by atoms with E-state index in [0.29, 0.717) is 22.6 Å². The first-order chi connectivity index (χ1) is 17.2. The molecule has 0 fully saturated rings. The number of aliphatic hydroxyl groups excluding tert-OH is 1. The van der Waals surface area contributed by atoms with Crippen LogP contribution in [0.3, 0.4) is 0 Å². The van der Waals surface area contributed by atoms with Crippen LogP contribution < -0.4 is 15.4 Å². The number of halogens is 3. The van der Waals surface area contributed by atoms with Crippen LogP contribution in [-0.4, -0.2) is 50.6 Å². The lowest BCUT2D eigenvalue weighted by Crippen LogP contribution is -2.41. The lowest BCUT2D eigenvalue weighted by Gasteiger charge is -2.27. The van der Waals surface area contributed by atoms with Crippen LogP contribution in [0.5, 0.6) is 5.75 Å². The average Bonchev–Trinajstić information content (AvgIpc) is 3.39. The molecule has 1 amide bonds. The van der Waals surface area contributed by atoms with Gasteiger partial charge in [0.05, 0.1) is 12.3 Å². The number of aromatic amines is 1. The molecule has 4 N–H and O–H groups in total. The number of benzene rings is 2. The number of ether oxygens (including phenoxy) is 1. The number of allylic oxidation sites excluding steroid dienone is 2. The van der Waals surface area contributed by atoms with E-state index in [1.54, 1.807) is 30.3 Å². The van der Waals surface area contributed by atoms with Crippen LogP contribution in [0, 0.1) is 6.92 Å². The lowest BCUT2D eigenvalue weighted by molar-refractivity contribution is -0.136. The molecule has 4 rings (SSSR count). The molecular formula is C24H23F3N6O3. The summed E-state index contributed by atoms with van der Waals surface area (Å²) in [5, 5.41) is 29.4. The third-order valence-corrected chi connectivity index (χ3v) is 5.34. The summed E-state index contributed by atoms with van der Waals surface area (Å²) in [4.78, 5) is 12.5. The Hall–Kier alpha value is -4.19. The highest BCUT2D eigenvalue weighted by Gasteiger charge is 2.27. The SMILES string of the molecule is Cc1ccc(C2=C(NC(=O)c3nn[nH]n3)C(O)NC(c3ccc(OCCCC(F)(F)F)cc3)=C2)cc1. The fraction of sp³-hybridized carbons (Fsp3) is 0.250. The van der Waals surface area contributed by atoms with Crippen LogP contribution in [0.15, 0.2) is 60.3 Å². The van der Waals surface area contributed by atoms with Crippen molar-refractivity contribution in [1.29, 1.82) is 0 Å². The molecule has 1 aliphatic rings. The zero-order valence-electron chi connectivity index (χ0n) is 19.1. The number of alkyl halides is 3. The summed E-state index contributed by atoms with van der Waals surface area (Å²) in [6.07, 6.45) is -4.73. The van der Waals surface area contributed by atoms with E-state index in [1.165, 1.54) is 0 Å². The van der Waals surface area contributed by atoms with Gasteiger partial charge < -0.3 is 20.5 Å². The van der Waals surface area contributed by atoms with Gasteiger partial charge in [0.1, 0.15) is 5.75 Å². The molecular weight excluding hydrogens is 477 g/mol. The Balaban J connectivity index is 1.58. The van der Waals surface area contributed by atoms with Crippen LogP contribution in [-0.2, 0) is 0 Å². The highest BCUT2D eigenvalue weighted by molar-refractivity contribution is 5.95. The molecule has 36 heavy (non-hydrogen) atoms. The van der Waals surface area contributed by atoms with Gasteiger partial charge >= 0.3 is 6.18 Å². The number of aliphatic hydroxyl groups is 1. The van der Waals surface area contributed by atoms with Crippen LogP contribution >= 0.6 is 0 Å². The van der Waals surface area contributed by atoms with E-state index in [-0.39, 0.29) is 24.5 Å². The van der Waals surface area contributed by atoms with Gasteiger partial charge in [0.25, 0.3) is 11.7 Å². The number of aryl methyl sites for hydroxylation is 1. The molecule has 3 aromatic rings. The second-order valence-corrected chi connectivity index (χ2v) is 8.08. The number of nitrogens with one attached hydrogen (secondary N) is 3. The molecule has 1 unspecified atom stereocenters. The molecule has 0 saturated carbocycles. The summed E-state index contributed by atoms with van der Waals surface area (Å²) in [7, 11) is 0. The maximum atomic E-state index is 12.5. The topological polar surface area (TPSA) is 125 Å². The fourth-order valence-electron chi connectivity index (χ4n) is 3.53. The lowest BCUT2D eigenvalue weighted by atomic mass is 9.96. The summed E-state index contributed by atoms with van der Waals surface area (Å²) < 4.78 is 42.3. The Kier molecular flexibility index (Phi) is 7.34.